The number of nitrogens with one attached hydrogen (secondary N) is 1. The maximum absolute atomic E-state index is 12.1. The Morgan fingerprint density at radius 2 is 2.22 bits per heavy atom. The van der Waals surface area contributed by atoms with Crippen molar-refractivity contribution in [2.75, 3.05) is 13.7 Å². The summed E-state index contributed by atoms with van der Waals surface area (Å²) < 4.78 is 33.4. The van der Waals surface area contributed by atoms with Crippen molar-refractivity contribution in [3.8, 4) is 5.75 Å². The fourth-order valence-corrected chi connectivity index (χ4v) is 4.75. The molecule has 0 aliphatic carbocycles. The van der Waals surface area contributed by atoms with Crippen molar-refractivity contribution in [3.05, 3.63) is 55.7 Å². The Bertz CT molecular complexity index is 1090. The number of carbonyl (C=O) groups is 1. The van der Waals surface area contributed by atoms with Crippen molar-refractivity contribution in [1.82, 2.24) is 9.55 Å². The molecule has 32 heavy (non-hydrogen) atoms. The Kier molecular flexibility index (Phi) is 8.48. The zero-order valence-electron chi connectivity index (χ0n) is 16.7. The second kappa shape index (κ2) is 10.9. The van der Waals surface area contributed by atoms with Gasteiger partial charge in [0.2, 0.25) is 0 Å². The largest absolute Gasteiger partial charge is 0.619 e. The maximum Gasteiger partial charge on any atom is 0.619 e. The maximum atomic E-state index is 12.1. The van der Waals surface area contributed by atoms with E-state index in [0.717, 1.165) is 12.7 Å². The minimum Gasteiger partial charge on any atom is -0.352 e. The van der Waals surface area contributed by atoms with Crippen LogP contribution in [0.2, 0.25) is 5.02 Å². The lowest BCUT2D eigenvalue weighted by Gasteiger charge is -2.22. The molecule has 2 N–H and O–H groups in total. The SMILES string of the molecule is COF.O=Cc1cn(C2CCC(CO[P+]3(O)OCc4cc(Cl)ccc4O3)O2)c(=O)[nH]c1=S. The summed E-state index contributed by atoms with van der Waals surface area (Å²) in [5.41, 5.74) is 0.452. The highest BCUT2D eigenvalue weighted by atomic mass is 35.5. The average Bonchev–Trinajstić information content (AvgIpc) is 3.22. The summed E-state index contributed by atoms with van der Waals surface area (Å²) in [6.07, 6.45) is 2.08. The first-order valence-corrected chi connectivity index (χ1v) is 11.6. The number of halogens is 2. The Morgan fingerprint density at radius 3 is 2.94 bits per heavy atom. The van der Waals surface area contributed by atoms with E-state index in [1.165, 1.54) is 10.8 Å². The van der Waals surface area contributed by atoms with Gasteiger partial charge in [0.1, 0.15) is 24.1 Å². The minimum atomic E-state index is -3.54. The number of fused-ring (bicyclic) bond motifs is 1. The van der Waals surface area contributed by atoms with Crippen LogP contribution in [0.15, 0.2) is 29.2 Å². The fraction of sp³-hybridized carbons (Fsp3) is 0.389. The molecule has 1 aromatic carbocycles. The molecule has 3 unspecified atom stereocenters. The van der Waals surface area contributed by atoms with Crippen LogP contribution < -0.4 is 10.2 Å². The molecule has 10 nitrogen and oxygen atoms in total. The van der Waals surface area contributed by atoms with E-state index < -0.39 is 26.2 Å². The van der Waals surface area contributed by atoms with E-state index in [1.54, 1.807) is 18.2 Å². The number of H-pyrrole nitrogens is 1. The van der Waals surface area contributed by atoms with Crippen LogP contribution in [0.3, 0.4) is 0 Å². The van der Waals surface area contributed by atoms with Crippen molar-refractivity contribution in [3.63, 3.8) is 0 Å². The van der Waals surface area contributed by atoms with Crippen LogP contribution in [0.4, 0.5) is 4.53 Å². The molecule has 0 saturated carbocycles. The number of rotatable bonds is 5. The monoisotopic (exact) mass is 509 g/mol. The van der Waals surface area contributed by atoms with Gasteiger partial charge >= 0.3 is 13.9 Å². The van der Waals surface area contributed by atoms with Crippen molar-refractivity contribution in [2.45, 2.75) is 31.8 Å². The van der Waals surface area contributed by atoms with Gasteiger partial charge in [-0.15, -0.1) is 9.05 Å². The van der Waals surface area contributed by atoms with E-state index in [0.29, 0.717) is 29.9 Å². The molecule has 14 heteroatoms. The Hall–Kier alpha value is -1.76. The van der Waals surface area contributed by atoms with Gasteiger partial charge in [0.15, 0.2) is 12.0 Å². The third kappa shape index (κ3) is 5.97. The number of benzene rings is 1. The quantitative estimate of drug-likeness (QED) is 0.351. The molecule has 2 aliphatic rings. The fourth-order valence-electron chi connectivity index (χ4n) is 3.11. The summed E-state index contributed by atoms with van der Waals surface area (Å²) in [5, 5.41) is 0.542. The predicted molar refractivity (Wildman–Crippen MR) is 114 cm³/mol. The molecule has 2 aromatic rings. The molecule has 4 rings (SSSR count). The van der Waals surface area contributed by atoms with E-state index in [9.17, 15) is 19.0 Å². The van der Waals surface area contributed by atoms with Crippen LogP contribution in [-0.4, -0.2) is 40.6 Å². The third-order valence-corrected chi connectivity index (χ3v) is 6.49. The lowest BCUT2D eigenvalue weighted by atomic mass is 10.2. The Balaban J connectivity index is 0.000000913. The zero-order valence-corrected chi connectivity index (χ0v) is 19.2. The van der Waals surface area contributed by atoms with Crippen molar-refractivity contribution in [2.24, 2.45) is 0 Å². The smallest absolute Gasteiger partial charge is 0.352 e. The molecule has 0 amide bonds. The average molecular weight is 510 g/mol. The molecule has 0 spiro atoms. The van der Waals surface area contributed by atoms with Crippen molar-refractivity contribution in [1.29, 1.82) is 0 Å². The first-order chi connectivity index (χ1) is 15.3. The second-order valence-electron chi connectivity index (χ2n) is 6.69. The standard InChI is InChI=1S/C17H16ClN2O7PS.CH3FO/c18-12-1-3-14-10(5-12)8-24-28(23,27-14)25-9-13-2-4-15(26-13)20-6-11(7-21)16(29)19-17(20)22;1-3-2/h1,3,5-7,13,15,23H,2,4,8-9H2;1H3/p+1. The second-order valence-corrected chi connectivity index (χ2v) is 9.18. The van der Waals surface area contributed by atoms with Crippen LogP contribution in [0.1, 0.15) is 35.0 Å². The van der Waals surface area contributed by atoms with E-state index in [1.807, 2.05) is 0 Å². The summed E-state index contributed by atoms with van der Waals surface area (Å²) in [4.78, 5) is 38.9. The Labute approximate surface area is 192 Å². The number of ether oxygens (including phenoxy) is 1. The molecule has 1 saturated heterocycles. The van der Waals surface area contributed by atoms with Gasteiger partial charge in [-0.05, 0) is 35.6 Å². The highest BCUT2D eigenvalue weighted by molar-refractivity contribution is 7.71. The van der Waals surface area contributed by atoms with Gasteiger partial charge in [-0.1, -0.05) is 23.8 Å². The molecule has 1 aromatic heterocycles. The van der Waals surface area contributed by atoms with Gasteiger partial charge in [0, 0.05) is 16.8 Å². The minimum absolute atomic E-state index is 0.0157. The summed E-state index contributed by atoms with van der Waals surface area (Å²) in [6, 6.07) is 4.99. The summed E-state index contributed by atoms with van der Waals surface area (Å²) in [7, 11) is -2.58. The number of aromatic amines is 1. The topological polar surface area (TPSA) is 121 Å². The molecular weight excluding hydrogens is 490 g/mol. The van der Waals surface area contributed by atoms with Crippen LogP contribution in [-0.2, 0) is 25.3 Å². The number of hydrogen-bond donors (Lipinski definition) is 2. The summed E-state index contributed by atoms with van der Waals surface area (Å²) >= 11 is 10.9. The van der Waals surface area contributed by atoms with Gasteiger partial charge in [-0.2, -0.15) is 9.83 Å². The first-order valence-electron chi connectivity index (χ1n) is 9.28. The lowest BCUT2D eigenvalue weighted by molar-refractivity contribution is -0.0960. The van der Waals surface area contributed by atoms with Gasteiger partial charge in [-0.3, -0.25) is 18.9 Å². The van der Waals surface area contributed by atoms with E-state index >= 15 is 0 Å². The molecule has 0 radical (unpaired) electrons. The summed E-state index contributed by atoms with van der Waals surface area (Å²) in [6.45, 7) is 0.128. The molecule has 0 bridgehead atoms. The third-order valence-electron chi connectivity index (χ3n) is 4.56. The van der Waals surface area contributed by atoms with E-state index in [-0.39, 0.29) is 23.4 Å². The number of nitrogens with zero attached hydrogens (tertiary/aromatic N) is 1. The molecule has 3 heterocycles. The molecule has 3 atom stereocenters. The molecule has 2 aliphatic heterocycles. The van der Waals surface area contributed by atoms with Crippen LogP contribution >= 0.6 is 32.0 Å². The molecular formula is C18H20ClFN2O8PS+. The van der Waals surface area contributed by atoms with Crippen molar-refractivity contribution >= 4 is 38.3 Å². The predicted octanol–water partition coefficient (Wildman–Crippen LogP) is 3.86. The number of aldehydes is 1. The number of aromatic nitrogens is 2. The lowest BCUT2D eigenvalue weighted by Crippen LogP contribution is -2.28. The molecule has 174 valence electrons. The van der Waals surface area contributed by atoms with Crippen LogP contribution in [0.25, 0.3) is 0 Å². The highest BCUT2D eigenvalue weighted by Crippen LogP contribution is 2.61. The highest BCUT2D eigenvalue weighted by Gasteiger charge is 2.51. The normalized spacial score (nSPS) is 24.1. The summed E-state index contributed by atoms with van der Waals surface area (Å²) in [5.74, 6) is 0.453. The first kappa shape index (κ1) is 24.9. The van der Waals surface area contributed by atoms with Gasteiger partial charge in [0.25, 0.3) is 0 Å². The van der Waals surface area contributed by atoms with Gasteiger partial charge < -0.3 is 4.74 Å². The van der Waals surface area contributed by atoms with Gasteiger partial charge in [-0.25, -0.2) is 4.79 Å². The van der Waals surface area contributed by atoms with E-state index in [4.69, 9.17) is 42.1 Å². The van der Waals surface area contributed by atoms with Crippen molar-refractivity contribution < 1.29 is 37.5 Å². The number of carbonyl (C=O) groups excluding carboxylic acids is 1. The van der Waals surface area contributed by atoms with Gasteiger partial charge in [0.05, 0.1) is 18.8 Å². The van der Waals surface area contributed by atoms with E-state index in [2.05, 4.69) is 9.93 Å². The number of hydrogen-bond acceptors (Lipinski definition) is 9. The van der Waals surface area contributed by atoms with Crippen LogP contribution in [0, 0.1) is 4.64 Å². The molecule has 1 fully saturated rings. The Morgan fingerprint density at radius 1 is 1.47 bits per heavy atom. The van der Waals surface area contributed by atoms with Crippen LogP contribution in [0.5, 0.6) is 5.75 Å². The zero-order chi connectivity index (χ0) is 23.3.